The third-order valence-electron chi connectivity index (χ3n) is 9.33. The van der Waals surface area contributed by atoms with E-state index in [0.29, 0.717) is 33.8 Å². The van der Waals surface area contributed by atoms with Crippen LogP contribution in [0.1, 0.15) is 24.3 Å². The van der Waals surface area contributed by atoms with Gasteiger partial charge in [0.1, 0.15) is 5.52 Å². The Balaban J connectivity index is 1.17. The summed E-state index contributed by atoms with van der Waals surface area (Å²) < 4.78 is 20.5. The molecule has 0 radical (unpaired) electrons. The zero-order valence-electron chi connectivity index (χ0n) is 23.4. The number of oxazole rings is 1. The summed E-state index contributed by atoms with van der Waals surface area (Å²) in [7, 11) is 0. The minimum atomic E-state index is -0.948. The van der Waals surface area contributed by atoms with Crippen LogP contribution < -0.4 is 4.90 Å². The van der Waals surface area contributed by atoms with Crippen LogP contribution in [0.5, 0.6) is 5.75 Å². The van der Waals surface area contributed by atoms with Gasteiger partial charge in [0.15, 0.2) is 28.7 Å². The minimum absolute atomic E-state index is 0.0615. The standard InChI is InChI=1S/C35H22BrFN2O6/c36-23-15-26(40)30-22(31(23)41)14-21-18(28(30)19-4-3-5-24(37)32(19)42)12-13-20-29(21)35(44)39(34(20)43)17-10-8-16(9-11-17)33-38-25-6-1-2-7-27(25)45-33/h1-12,15,20-21,28-29,42H,13-14H2. The number of benzene rings is 3. The summed E-state index contributed by atoms with van der Waals surface area (Å²) in [5.41, 5.74) is 3.55. The lowest BCUT2D eigenvalue weighted by molar-refractivity contribution is -0.123. The summed E-state index contributed by atoms with van der Waals surface area (Å²) in [4.78, 5) is 60.4. The van der Waals surface area contributed by atoms with Crippen molar-refractivity contribution in [2.75, 3.05) is 4.90 Å². The maximum atomic E-state index is 14.6. The largest absolute Gasteiger partial charge is 0.505 e. The molecule has 0 saturated carbocycles. The van der Waals surface area contributed by atoms with Crippen molar-refractivity contribution >= 4 is 56.1 Å². The fraction of sp³-hybridized carbons (Fsp3) is 0.171. The molecule has 0 bridgehead atoms. The van der Waals surface area contributed by atoms with Gasteiger partial charge in [-0.05, 0) is 77.2 Å². The molecule has 2 amide bonds. The van der Waals surface area contributed by atoms with Crippen molar-refractivity contribution in [1.29, 1.82) is 0 Å². The number of hydrogen-bond acceptors (Lipinski definition) is 7. The first-order chi connectivity index (χ1) is 21.7. The van der Waals surface area contributed by atoms with Crippen LogP contribution in [0.4, 0.5) is 10.1 Å². The van der Waals surface area contributed by atoms with E-state index in [4.69, 9.17) is 4.42 Å². The lowest BCUT2D eigenvalue weighted by atomic mass is 9.59. The number of ketones is 2. The number of aromatic nitrogens is 1. The predicted molar refractivity (Wildman–Crippen MR) is 165 cm³/mol. The number of hydrogen-bond donors (Lipinski definition) is 1. The first-order valence-corrected chi connectivity index (χ1v) is 15.2. The fourth-order valence-corrected chi connectivity index (χ4v) is 7.78. The maximum Gasteiger partial charge on any atom is 0.238 e. The van der Waals surface area contributed by atoms with Gasteiger partial charge in [0, 0.05) is 34.3 Å². The van der Waals surface area contributed by atoms with Crippen LogP contribution >= 0.6 is 15.9 Å². The molecule has 222 valence electrons. The van der Waals surface area contributed by atoms with Crippen LogP contribution in [0.2, 0.25) is 0 Å². The van der Waals surface area contributed by atoms with Crippen molar-refractivity contribution in [1.82, 2.24) is 4.98 Å². The zero-order valence-corrected chi connectivity index (χ0v) is 25.0. The molecule has 1 aliphatic heterocycles. The number of imide groups is 1. The molecule has 4 unspecified atom stereocenters. The zero-order chi connectivity index (χ0) is 31.1. The summed E-state index contributed by atoms with van der Waals surface area (Å²) >= 11 is 3.19. The average Bonchev–Trinajstić information content (AvgIpc) is 3.59. The van der Waals surface area contributed by atoms with E-state index < -0.39 is 52.7 Å². The van der Waals surface area contributed by atoms with Crippen molar-refractivity contribution in [3.8, 4) is 17.2 Å². The number of halogens is 2. The Morgan fingerprint density at radius 1 is 0.933 bits per heavy atom. The lowest BCUT2D eigenvalue weighted by Gasteiger charge is -2.42. The minimum Gasteiger partial charge on any atom is -0.505 e. The number of carbonyl (C=O) groups is 4. The first-order valence-electron chi connectivity index (χ1n) is 14.4. The molecule has 8 nitrogen and oxygen atoms in total. The number of amides is 2. The Morgan fingerprint density at radius 2 is 1.71 bits per heavy atom. The lowest BCUT2D eigenvalue weighted by Crippen LogP contribution is -2.39. The highest BCUT2D eigenvalue weighted by Crippen LogP contribution is 2.56. The van der Waals surface area contributed by atoms with Gasteiger partial charge in [-0.3, -0.25) is 24.1 Å². The number of allylic oxidation sites excluding steroid dienone is 6. The van der Waals surface area contributed by atoms with E-state index in [1.165, 1.54) is 23.1 Å². The molecule has 1 N–H and O–H groups in total. The maximum absolute atomic E-state index is 14.6. The summed E-state index contributed by atoms with van der Waals surface area (Å²) in [5, 5.41) is 10.8. The van der Waals surface area contributed by atoms with E-state index in [1.807, 2.05) is 30.3 Å². The van der Waals surface area contributed by atoms with Crippen LogP contribution in [-0.2, 0) is 19.2 Å². The molecule has 8 rings (SSSR count). The SMILES string of the molecule is O=C1C=C(Br)C(=O)C2=C1C(c1cccc(F)c1O)C1=CCC3C(=O)N(c4ccc(-c5nc6ccccc6o5)cc4)C(=O)C3C1C2. The topological polar surface area (TPSA) is 118 Å². The van der Waals surface area contributed by atoms with Crippen molar-refractivity contribution in [2.24, 2.45) is 17.8 Å². The predicted octanol–water partition coefficient (Wildman–Crippen LogP) is 6.31. The van der Waals surface area contributed by atoms with Crippen molar-refractivity contribution in [2.45, 2.75) is 18.8 Å². The van der Waals surface area contributed by atoms with Gasteiger partial charge in [0.25, 0.3) is 0 Å². The second kappa shape index (κ2) is 10.0. The van der Waals surface area contributed by atoms with E-state index in [-0.39, 0.29) is 39.9 Å². The van der Waals surface area contributed by atoms with Crippen LogP contribution in [0.25, 0.3) is 22.6 Å². The van der Waals surface area contributed by atoms with Gasteiger partial charge in [-0.15, -0.1) is 0 Å². The molecule has 0 spiro atoms. The molecule has 45 heavy (non-hydrogen) atoms. The number of phenols is 1. The van der Waals surface area contributed by atoms with Crippen molar-refractivity contribution < 1.29 is 33.1 Å². The Morgan fingerprint density at radius 3 is 2.49 bits per heavy atom. The number of aromatic hydroxyl groups is 1. The van der Waals surface area contributed by atoms with Crippen molar-refractivity contribution in [3.63, 3.8) is 0 Å². The summed E-state index contributed by atoms with van der Waals surface area (Å²) in [5.74, 6) is -5.74. The summed E-state index contributed by atoms with van der Waals surface area (Å²) in [6, 6.07) is 18.3. The second-order valence-corrected chi connectivity index (χ2v) is 12.5. The molecular formula is C35H22BrFN2O6. The molecule has 10 heteroatoms. The van der Waals surface area contributed by atoms with Crippen LogP contribution in [0, 0.1) is 23.6 Å². The van der Waals surface area contributed by atoms with Gasteiger partial charge in [-0.1, -0.05) is 35.9 Å². The third-order valence-corrected chi connectivity index (χ3v) is 9.92. The molecule has 3 aromatic carbocycles. The number of carbonyl (C=O) groups excluding carboxylic acids is 4. The van der Waals surface area contributed by atoms with Crippen molar-refractivity contribution in [3.05, 3.63) is 111 Å². The van der Waals surface area contributed by atoms with E-state index >= 15 is 0 Å². The van der Waals surface area contributed by atoms with Gasteiger partial charge in [0.05, 0.1) is 22.0 Å². The number of nitrogens with zero attached hydrogens (tertiary/aromatic N) is 2. The Kier molecular flexibility index (Phi) is 6.15. The number of phenolic OH excluding ortho intramolecular Hbond substituents is 1. The molecule has 1 fully saturated rings. The van der Waals surface area contributed by atoms with Crippen LogP contribution in [0.3, 0.4) is 0 Å². The quantitative estimate of drug-likeness (QED) is 0.155. The third kappa shape index (κ3) is 4.05. The number of Topliss-reactive ketones (excluding diaryl/α,β-unsaturated/α-hetero) is 1. The smallest absolute Gasteiger partial charge is 0.238 e. The Hall–Kier alpha value is -4.96. The van der Waals surface area contributed by atoms with E-state index in [0.717, 1.165) is 6.07 Å². The molecular weight excluding hydrogens is 643 g/mol. The molecule has 1 saturated heterocycles. The molecule has 1 aromatic heterocycles. The molecule has 4 atom stereocenters. The van der Waals surface area contributed by atoms with Gasteiger partial charge in [0.2, 0.25) is 17.7 Å². The fourth-order valence-electron chi connectivity index (χ4n) is 7.33. The van der Waals surface area contributed by atoms with Crippen LogP contribution in [-0.4, -0.2) is 33.5 Å². The van der Waals surface area contributed by atoms with Gasteiger partial charge >= 0.3 is 0 Å². The molecule has 4 aliphatic rings. The first kappa shape index (κ1) is 27.6. The summed E-state index contributed by atoms with van der Waals surface area (Å²) in [6.07, 6.45) is 3.29. The normalized spacial score (nSPS) is 24.4. The molecule has 2 heterocycles. The number of rotatable bonds is 3. The van der Waals surface area contributed by atoms with Gasteiger partial charge in [-0.2, -0.15) is 0 Å². The second-order valence-electron chi connectivity index (χ2n) is 11.6. The van der Waals surface area contributed by atoms with E-state index in [9.17, 15) is 28.7 Å². The average molecular weight is 665 g/mol. The number of anilines is 1. The van der Waals surface area contributed by atoms with E-state index in [1.54, 1.807) is 24.3 Å². The van der Waals surface area contributed by atoms with Gasteiger partial charge in [-0.25, -0.2) is 9.37 Å². The Labute approximate surface area is 263 Å². The van der Waals surface area contributed by atoms with Crippen LogP contribution in [0.15, 0.2) is 105 Å². The van der Waals surface area contributed by atoms with E-state index in [2.05, 4.69) is 20.9 Å². The highest BCUT2D eigenvalue weighted by Gasteiger charge is 2.57. The monoisotopic (exact) mass is 664 g/mol. The molecule has 4 aromatic rings. The van der Waals surface area contributed by atoms with Gasteiger partial charge < -0.3 is 9.52 Å². The number of para-hydroxylation sites is 3. The Bertz CT molecular complexity index is 2080. The highest BCUT2D eigenvalue weighted by atomic mass is 79.9. The highest BCUT2D eigenvalue weighted by molar-refractivity contribution is 9.12. The number of fused-ring (bicyclic) bond motifs is 4. The molecule has 3 aliphatic carbocycles. The summed E-state index contributed by atoms with van der Waals surface area (Å²) in [6.45, 7) is 0.